The number of carbonyl (C=O) groups is 1. The first kappa shape index (κ1) is 12.4. The fraction of sp³-hybridized carbons (Fsp3) is 0.250. The second-order valence-corrected chi connectivity index (χ2v) is 5.77. The molecule has 0 atom stereocenters. The summed E-state index contributed by atoms with van der Waals surface area (Å²) in [5.74, 6) is -0.898. The number of aryl methyl sites for hydroxylation is 1. The Labute approximate surface area is 112 Å². The maximum absolute atomic E-state index is 10.8. The number of thiophene rings is 1. The SMILES string of the molecule is CCc1ccc(Cn2cc(C(=O)O)cc2Br)s1. The van der Waals surface area contributed by atoms with Gasteiger partial charge in [-0.1, -0.05) is 6.92 Å². The van der Waals surface area contributed by atoms with E-state index in [1.165, 1.54) is 9.75 Å². The average Bonchev–Trinajstić information content (AvgIpc) is 2.87. The van der Waals surface area contributed by atoms with Crippen molar-refractivity contribution < 1.29 is 9.90 Å². The quantitative estimate of drug-likeness (QED) is 0.936. The van der Waals surface area contributed by atoms with Crippen molar-refractivity contribution >= 4 is 33.2 Å². The van der Waals surface area contributed by atoms with E-state index in [-0.39, 0.29) is 0 Å². The Balaban J connectivity index is 2.20. The van der Waals surface area contributed by atoms with Crippen molar-refractivity contribution in [2.45, 2.75) is 19.9 Å². The van der Waals surface area contributed by atoms with Crippen LogP contribution in [0, 0.1) is 0 Å². The third-order valence-corrected chi connectivity index (χ3v) is 4.38. The molecule has 5 heteroatoms. The summed E-state index contributed by atoms with van der Waals surface area (Å²) in [5.41, 5.74) is 0.309. The molecule has 17 heavy (non-hydrogen) atoms. The maximum atomic E-state index is 10.8. The largest absolute Gasteiger partial charge is 0.478 e. The van der Waals surface area contributed by atoms with Crippen LogP contribution >= 0.6 is 27.3 Å². The number of carboxylic acid groups (broad SMARTS) is 1. The second kappa shape index (κ2) is 5.06. The number of aromatic nitrogens is 1. The molecule has 0 bridgehead atoms. The molecule has 0 aromatic carbocycles. The van der Waals surface area contributed by atoms with Gasteiger partial charge >= 0.3 is 5.97 Å². The standard InChI is InChI=1S/C12H12BrNO2S/c1-2-9-3-4-10(17-9)7-14-6-8(12(15)16)5-11(14)13/h3-6H,2,7H2,1H3,(H,15,16). The van der Waals surface area contributed by atoms with Gasteiger partial charge in [0.2, 0.25) is 0 Å². The van der Waals surface area contributed by atoms with Gasteiger partial charge in [-0.05, 0) is 40.5 Å². The Kier molecular flexibility index (Phi) is 3.69. The Bertz CT molecular complexity index is 544. The highest BCUT2D eigenvalue weighted by molar-refractivity contribution is 9.10. The van der Waals surface area contributed by atoms with Gasteiger partial charge < -0.3 is 9.67 Å². The number of nitrogens with zero attached hydrogens (tertiary/aromatic N) is 1. The highest BCUT2D eigenvalue weighted by Gasteiger charge is 2.10. The lowest BCUT2D eigenvalue weighted by Crippen LogP contribution is -1.97. The van der Waals surface area contributed by atoms with Gasteiger partial charge in [-0.2, -0.15) is 0 Å². The van der Waals surface area contributed by atoms with Crippen LogP contribution in [-0.4, -0.2) is 15.6 Å². The van der Waals surface area contributed by atoms with Gasteiger partial charge in [0.1, 0.15) is 0 Å². The van der Waals surface area contributed by atoms with Crippen molar-refractivity contribution in [3.8, 4) is 0 Å². The van der Waals surface area contributed by atoms with E-state index in [0.29, 0.717) is 12.1 Å². The van der Waals surface area contributed by atoms with E-state index >= 15 is 0 Å². The fourth-order valence-corrected chi connectivity index (χ4v) is 3.01. The van der Waals surface area contributed by atoms with Gasteiger partial charge in [0.25, 0.3) is 0 Å². The summed E-state index contributed by atoms with van der Waals surface area (Å²) in [7, 11) is 0. The highest BCUT2D eigenvalue weighted by Crippen LogP contribution is 2.22. The predicted molar refractivity (Wildman–Crippen MR) is 71.9 cm³/mol. The summed E-state index contributed by atoms with van der Waals surface area (Å²) in [4.78, 5) is 13.4. The lowest BCUT2D eigenvalue weighted by Gasteiger charge is -2.01. The Morgan fingerprint density at radius 1 is 1.47 bits per heavy atom. The van der Waals surface area contributed by atoms with E-state index in [0.717, 1.165) is 11.0 Å². The number of hydrogen-bond acceptors (Lipinski definition) is 2. The van der Waals surface area contributed by atoms with Gasteiger partial charge in [0.05, 0.1) is 16.7 Å². The third-order valence-electron chi connectivity index (χ3n) is 2.48. The minimum atomic E-state index is -0.898. The average molecular weight is 314 g/mol. The Morgan fingerprint density at radius 2 is 2.18 bits per heavy atom. The molecule has 0 aliphatic carbocycles. The summed E-state index contributed by atoms with van der Waals surface area (Å²) in [6, 6.07) is 5.84. The molecule has 0 radical (unpaired) electrons. The van der Waals surface area contributed by atoms with Crippen molar-refractivity contribution in [1.29, 1.82) is 0 Å². The molecule has 2 aromatic heterocycles. The fourth-order valence-electron chi connectivity index (χ4n) is 1.58. The summed E-state index contributed by atoms with van der Waals surface area (Å²) in [6.45, 7) is 2.84. The zero-order chi connectivity index (χ0) is 12.4. The molecule has 0 saturated heterocycles. The summed E-state index contributed by atoms with van der Waals surface area (Å²) >= 11 is 5.14. The topological polar surface area (TPSA) is 42.2 Å². The highest BCUT2D eigenvalue weighted by atomic mass is 79.9. The van der Waals surface area contributed by atoms with Crippen LogP contribution in [0.5, 0.6) is 0 Å². The maximum Gasteiger partial charge on any atom is 0.337 e. The Morgan fingerprint density at radius 3 is 2.71 bits per heavy atom. The van der Waals surface area contributed by atoms with E-state index in [1.54, 1.807) is 23.6 Å². The first-order valence-electron chi connectivity index (χ1n) is 5.26. The molecule has 90 valence electrons. The van der Waals surface area contributed by atoms with Crippen molar-refractivity contribution in [1.82, 2.24) is 4.57 Å². The number of carboxylic acids is 1. The molecular formula is C12H12BrNO2S. The lowest BCUT2D eigenvalue weighted by atomic mass is 10.3. The molecule has 2 rings (SSSR count). The van der Waals surface area contributed by atoms with Crippen LogP contribution in [0.25, 0.3) is 0 Å². The van der Waals surface area contributed by atoms with Crippen LogP contribution in [-0.2, 0) is 13.0 Å². The number of aromatic carboxylic acids is 1. The normalized spacial score (nSPS) is 10.7. The second-order valence-electron chi connectivity index (χ2n) is 3.71. The molecule has 0 fully saturated rings. The molecule has 2 heterocycles. The van der Waals surface area contributed by atoms with Crippen LogP contribution in [0.15, 0.2) is 29.0 Å². The Hall–Kier alpha value is -1.07. The van der Waals surface area contributed by atoms with Crippen LogP contribution in [0.3, 0.4) is 0 Å². The zero-order valence-electron chi connectivity index (χ0n) is 9.31. The molecule has 0 unspecified atom stereocenters. The van der Waals surface area contributed by atoms with E-state index in [2.05, 4.69) is 35.0 Å². The van der Waals surface area contributed by atoms with Crippen LogP contribution < -0.4 is 0 Å². The molecule has 0 aliphatic rings. The van der Waals surface area contributed by atoms with E-state index in [1.807, 2.05) is 4.57 Å². The van der Waals surface area contributed by atoms with Crippen molar-refractivity contribution in [3.05, 3.63) is 44.3 Å². The molecule has 3 nitrogen and oxygen atoms in total. The molecule has 0 amide bonds. The number of halogens is 1. The van der Waals surface area contributed by atoms with Gasteiger partial charge in [0.15, 0.2) is 0 Å². The molecule has 1 N–H and O–H groups in total. The van der Waals surface area contributed by atoms with Gasteiger partial charge in [-0.3, -0.25) is 0 Å². The van der Waals surface area contributed by atoms with E-state index in [4.69, 9.17) is 5.11 Å². The van der Waals surface area contributed by atoms with Crippen LogP contribution in [0.1, 0.15) is 27.0 Å². The summed E-state index contributed by atoms with van der Waals surface area (Å²) in [5, 5.41) is 8.90. The van der Waals surface area contributed by atoms with Crippen molar-refractivity contribution in [2.24, 2.45) is 0 Å². The zero-order valence-corrected chi connectivity index (χ0v) is 11.7. The van der Waals surface area contributed by atoms with Crippen LogP contribution in [0.4, 0.5) is 0 Å². The van der Waals surface area contributed by atoms with Gasteiger partial charge in [0, 0.05) is 16.0 Å². The minimum Gasteiger partial charge on any atom is -0.478 e. The van der Waals surface area contributed by atoms with E-state index in [9.17, 15) is 4.79 Å². The number of hydrogen-bond donors (Lipinski definition) is 1. The van der Waals surface area contributed by atoms with Crippen LogP contribution in [0.2, 0.25) is 0 Å². The van der Waals surface area contributed by atoms with Crippen molar-refractivity contribution in [3.63, 3.8) is 0 Å². The van der Waals surface area contributed by atoms with Gasteiger partial charge in [-0.25, -0.2) is 4.79 Å². The van der Waals surface area contributed by atoms with Gasteiger partial charge in [-0.15, -0.1) is 11.3 Å². The van der Waals surface area contributed by atoms with E-state index < -0.39 is 5.97 Å². The molecular weight excluding hydrogens is 302 g/mol. The smallest absolute Gasteiger partial charge is 0.337 e. The molecule has 0 aliphatic heterocycles. The number of rotatable bonds is 4. The lowest BCUT2D eigenvalue weighted by molar-refractivity contribution is 0.0697. The summed E-state index contributed by atoms with van der Waals surface area (Å²) < 4.78 is 2.69. The molecule has 0 spiro atoms. The predicted octanol–water partition coefficient (Wildman–Crippen LogP) is 3.62. The monoisotopic (exact) mass is 313 g/mol. The first-order chi connectivity index (χ1) is 8.10. The first-order valence-corrected chi connectivity index (χ1v) is 6.87. The molecule has 2 aromatic rings. The van der Waals surface area contributed by atoms with Crippen molar-refractivity contribution in [2.75, 3.05) is 0 Å². The summed E-state index contributed by atoms with van der Waals surface area (Å²) in [6.07, 6.45) is 2.69. The minimum absolute atomic E-state index is 0.309. The molecule has 0 saturated carbocycles. The third kappa shape index (κ3) is 2.79.